The molecule has 0 aliphatic carbocycles. The fourth-order valence-corrected chi connectivity index (χ4v) is 2.89. The van der Waals surface area contributed by atoms with E-state index < -0.39 is 23.9 Å². The van der Waals surface area contributed by atoms with Crippen LogP contribution in [-0.4, -0.2) is 26.2 Å². The zero-order valence-corrected chi connectivity index (χ0v) is 12.4. The molecule has 3 saturated heterocycles. The molecule has 23 heavy (non-hydrogen) atoms. The van der Waals surface area contributed by atoms with Crippen LogP contribution in [0.2, 0.25) is 0 Å². The van der Waals surface area contributed by atoms with Crippen molar-refractivity contribution >= 4 is 0 Å². The molecule has 3 fully saturated rings. The van der Waals surface area contributed by atoms with Crippen LogP contribution in [0.3, 0.4) is 0 Å². The van der Waals surface area contributed by atoms with Crippen molar-refractivity contribution in [2.75, 3.05) is 19.8 Å². The Morgan fingerprint density at radius 1 is 1.13 bits per heavy atom. The molecule has 0 unspecified atom stereocenters. The highest BCUT2D eigenvalue weighted by Crippen LogP contribution is 2.46. The first kappa shape index (κ1) is 16.5. The van der Waals surface area contributed by atoms with Crippen LogP contribution in [0.1, 0.15) is 25.3 Å². The van der Waals surface area contributed by atoms with E-state index in [1.807, 2.05) is 6.92 Å². The van der Waals surface area contributed by atoms with Gasteiger partial charge in [-0.1, -0.05) is 13.3 Å². The first-order chi connectivity index (χ1) is 10.8. The molecule has 1 aromatic rings. The molecule has 4 rings (SSSR count). The van der Waals surface area contributed by atoms with Crippen molar-refractivity contribution in [3.05, 3.63) is 29.6 Å². The molecule has 3 aliphatic rings. The lowest BCUT2D eigenvalue weighted by molar-refractivity contribution is -0.480. The second-order valence-electron chi connectivity index (χ2n) is 5.87. The average Bonchev–Trinajstić information content (AvgIpc) is 2.50. The summed E-state index contributed by atoms with van der Waals surface area (Å²) in [6, 6.07) is 2.99. The molecule has 0 radical (unpaired) electrons. The Bertz CT molecular complexity index is 563. The van der Waals surface area contributed by atoms with Gasteiger partial charge in [0.2, 0.25) is 0 Å². The standard InChI is InChI=1S/C15H16F4O4/c1-2-5-13-7-20-14(21-8-13,22-9-13)10-3-4-12(11(16)6-10)23-15(17,18)19/h3-4,6H,2,5,7-9H2,1H3. The maximum atomic E-state index is 13.9. The predicted octanol–water partition coefficient (Wildman–Crippen LogP) is 3.70. The number of hydrogen-bond donors (Lipinski definition) is 0. The summed E-state index contributed by atoms with van der Waals surface area (Å²) in [5.74, 6) is -3.64. The van der Waals surface area contributed by atoms with Crippen molar-refractivity contribution in [1.82, 2.24) is 0 Å². The molecule has 0 aromatic heterocycles. The maximum absolute atomic E-state index is 13.9. The quantitative estimate of drug-likeness (QED) is 0.786. The Hall–Kier alpha value is -1.38. The fraction of sp³-hybridized carbons (Fsp3) is 0.600. The smallest absolute Gasteiger partial charge is 0.403 e. The van der Waals surface area contributed by atoms with E-state index in [2.05, 4.69) is 4.74 Å². The molecule has 0 spiro atoms. The fourth-order valence-electron chi connectivity index (χ4n) is 2.89. The van der Waals surface area contributed by atoms with Crippen molar-refractivity contribution in [1.29, 1.82) is 0 Å². The molecule has 0 atom stereocenters. The summed E-state index contributed by atoms with van der Waals surface area (Å²) in [5, 5.41) is 0. The van der Waals surface area contributed by atoms with Crippen molar-refractivity contribution in [3.8, 4) is 5.75 Å². The van der Waals surface area contributed by atoms with Gasteiger partial charge in [-0.05, 0) is 24.6 Å². The third kappa shape index (κ3) is 3.15. The highest BCUT2D eigenvalue weighted by molar-refractivity contribution is 5.31. The largest absolute Gasteiger partial charge is 0.573 e. The summed E-state index contributed by atoms with van der Waals surface area (Å²) in [6.45, 7) is 3.22. The summed E-state index contributed by atoms with van der Waals surface area (Å²) in [4.78, 5) is 0. The summed E-state index contributed by atoms with van der Waals surface area (Å²) >= 11 is 0. The van der Waals surface area contributed by atoms with Crippen molar-refractivity contribution < 1.29 is 36.5 Å². The second-order valence-corrected chi connectivity index (χ2v) is 5.87. The van der Waals surface area contributed by atoms with Crippen LogP contribution in [-0.2, 0) is 20.2 Å². The number of ether oxygens (including phenoxy) is 4. The van der Waals surface area contributed by atoms with Crippen LogP contribution in [0.25, 0.3) is 0 Å². The van der Waals surface area contributed by atoms with Gasteiger partial charge in [0.15, 0.2) is 11.6 Å². The van der Waals surface area contributed by atoms with Crippen molar-refractivity contribution in [2.45, 2.75) is 32.1 Å². The third-order valence-corrected chi connectivity index (χ3v) is 4.00. The van der Waals surface area contributed by atoms with E-state index in [4.69, 9.17) is 14.2 Å². The maximum Gasteiger partial charge on any atom is 0.573 e. The number of rotatable bonds is 4. The lowest BCUT2D eigenvalue weighted by Crippen LogP contribution is -2.58. The second kappa shape index (κ2) is 5.61. The van der Waals surface area contributed by atoms with Crippen LogP contribution < -0.4 is 4.74 Å². The first-order valence-corrected chi connectivity index (χ1v) is 7.25. The number of halogens is 4. The number of alkyl halides is 3. The summed E-state index contributed by atoms with van der Waals surface area (Å²) in [5.41, 5.74) is -0.0525. The van der Waals surface area contributed by atoms with Gasteiger partial charge >= 0.3 is 12.3 Å². The van der Waals surface area contributed by atoms with E-state index in [1.54, 1.807) is 0 Å². The molecule has 3 aliphatic heterocycles. The monoisotopic (exact) mass is 336 g/mol. The Morgan fingerprint density at radius 3 is 2.22 bits per heavy atom. The first-order valence-electron chi connectivity index (χ1n) is 7.25. The summed E-state index contributed by atoms with van der Waals surface area (Å²) in [7, 11) is 0. The zero-order valence-electron chi connectivity index (χ0n) is 12.4. The topological polar surface area (TPSA) is 36.9 Å². The van der Waals surface area contributed by atoms with Crippen LogP contribution in [0, 0.1) is 11.2 Å². The minimum atomic E-state index is -4.96. The van der Waals surface area contributed by atoms with Gasteiger partial charge < -0.3 is 18.9 Å². The van der Waals surface area contributed by atoms with Crippen LogP contribution >= 0.6 is 0 Å². The van der Waals surface area contributed by atoms with Gasteiger partial charge in [-0.15, -0.1) is 13.2 Å². The van der Waals surface area contributed by atoms with Gasteiger partial charge in [-0.2, -0.15) is 0 Å². The third-order valence-electron chi connectivity index (χ3n) is 4.00. The molecule has 0 amide bonds. The Balaban J connectivity index is 1.80. The number of hydrogen-bond acceptors (Lipinski definition) is 4. The minimum Gasteiger partial charge on any atom is -0.403 e. The van der Waals surface area contributed by atoms with Gasteiger partial charge in [-0.25, -0.2) is 4.39 Å². The Labute approximate surface area is 130 Å². The van der Waals surface area contributed by atoms with Gasteiger partial charge in [-0.3, -0.25) is 0 Å². The lowest BCUT2D eigenvalue weighted by Gasteiger charge is -2.51. The molecule has 3 heterocycles. The molecule has 0 saturated carbocycles. The highest BCUT2D eigenvalue weighted by atomic mass is 19.4. The predicted molar refractivity (Wildman–Crippen MR) is 70.0 cm³/mol. The highest BCUT2D eigenvalue weighted by Gasteiger charge is 2.53. The molecule has 128 valence electrons. The molecule has 0 N–H and O–H groups in total. The van der Waals surface area contributed by atoms with Gasteiger partial charge in [0, 0.05) is 11.0 Å². The Morgan fingerprint density at radius 2 is 1.74 bits per heavy atom. The zero-order chi connectivity index (χ0) is 16.7. The summed E-state index contributed by atoms with van der Waals surface area (Å²) < 4.78 is 70.9. The molecular weight excluding hydrogens is 320 g/mol. The number of fused-ring (bicyclic) bond motifs is 3. The van der Waals surface area contributed by atoms with E-state index in [1.165, 1.54) is 6.07 Å². The van der Waals surface area contributed by atoms with E-state index in [0.29, 0.717) is 19.8 Å². The van der Waals surface area contributed by atoms with Crippen LogP contribution in [0.4, 0.5) is 17.6 Å². The van der Waals surface area contributed by atoms with Crippen molar-refractivity contribution in [2.24, 2.45) is 5.41 Å². The van der Waals surface area contributed by atoms with Crippen LogP contribution in [0.15, 0.2) is 18.2 Å². The molecule has 2 bridgehead atoms. The average molecular weight is 336 g/mol. The SMILES string of the molecule is CCCC12COC(c3ccc(OC(F)(F)F)c(F)c3)(OC1)OC2. The van der Waals surface area contributed by atoms with Gasteiger partial charge in [0.05, 0.1) is 19.8 Å². The normalized spacial score (nSPS) is 30.5. The van der Waals surface area contributed by atoms with E-state index in [-0.39, 0.29) is 11.0 Å². The lowest BCUT2D eigenvalue weighted by atomic mass is 9.84. The molecule has 4 nitrogen and oxygen atoms in total. The number of benzene rings is 1. The molecular formula is C15H16F4O4. The molecule has 8 heteroatoms. The van der Waals surface area contributed by atoms with Gasteiger partial charge in [0.1, 0.15) is 0 Å². The Kier molecular flexibility index (Phi) is 4.02. The molecule has 1 aromatic carbocycles. The van der Waals surface area contributed by atoms with Crippen LogP contribution in [0.5, 0.6) is 5.75 Å². The van der Waals surface area contributed by atoms with E-state index >= 15 is 0 Å². The summed E-state index contributed by atoms with van der Waals surface area (Å²) in [6.07, 6.45) is -3.14. The van der Waals surface area contributed by atoms with Crippen molar-refractivity contribution in [3.63, 3.8) is 0 Å². The van der Waals surface area contributed by atoms with E-state index in [0.717, 1.165) is 25.0 Å². The van der Waals surface area contributed by atoms with Gasteiger partial charge in [0.25, 0.3) is 0 Å². The minimum absolute atomic E-state index is 0.161. The van der Waals surface area contributed by atoms with E-state index in [9.17, 15) is 17.6 Å².